The van der Waals surface area contributed by atoms with Crippen LogP contribution in [0.1, 0.15) is 93.3 Å². The van der Waals surface area contributed by atoms with E-state index < -0.39 is 0 Å². The van der Waals surface area contributed by atoms with Crippen LogP contribution in [0.3, 0.4) is 0 Å². The van der Waals surface area contributed by atoms with Gasteiger partial charge in [-0.05, 0) is 96.6 Å². The minimum absolute atomic E-state index is 0. The lowest BCUT2D eigenvalue weighted by molar-refractivity contribution is -0.128. The third kappa shape index (κ3) is 5.17. The average molecular weight is 393 g/mol. The van der Waals surface area contributed by atoms with Crippen LogP contribution in [0.15, 0.2) is 0 Å². The maximum atomic E-state index is 12.8. The number of carbonyl (C=O) groups excluding carboxylic acids is 2. The summed E-state index contributed by atoms with van der Waals surface area (Å²) in [6.07, 6.45) is 11.0. The van der Waals surface area contributed by atoms with Crippen LogP contribution in [0.25, 0.3) is 0 Å². The molecule has 1 amide bonds. The van der Waals surface area contributed by atoms with Crippen molar-refractivity contribution < 1.29 is 11.0 Å². The topological polar surface area (TPSA) is 49.4 Å². The Morgan fingerprint density at radius 2 is 1.43 bits per heavy atom. The normalized spacial score (nSPS) is 29.4. The Morgan fingerprint density at radius 3 is 1.93 bits per heavy atom. The first-order chi connectivity index (χ1) is 13.3. The Balaban J connectivity index is 0.00000300. The second kappa shape index (κ2) is 9.28. The van der Waals surface area contributed by atoms with Crippen molar-refractivity contribution >= 4 is 11.7 Å². The summed E-state index contributed by atoms with van der Waals surface area (Å²) < 4.78 is 0. The van der Waals surface area contributed by atoms with Crippen LogP contribution >= 0.6 is 0 Å². The summed E-state index contributed by atoms with van der Waals surface area (Å²) in [5.41, 5.74) is 0.511. The van der Waals surface area contributed by atoms with E-state index in [4.69, 9.17) is 0 Å². The number of ketones is 1. The molecule has 0 aromatic carbocycles. The third-order valence-corrected chi connectivity index (χ3v) is 8.05. The number of nitrogens with zero attached hydrogens (tertiary/aromatic N) is 1. The van der Waals surface area contributed by atoms with Gasteiger partial charge in [0.1, 0.15) is 5.78 Å². The van der Waals surface area contributed by atoms with Gasteiger partial charge in [-0.3, -0.25) is 9.59 Å². The van der Waals surface area contributed by atoms with Gasteiger partial charge in [-0.25, -0.2) is 0 Å². The van der Waals surface area contributed by atoms with E-state index >= 15 is 0 Å². The molecule has 1 aliphatic heterocycles. The molecule has 162 valence electrons. The predicted octanol–water partition coefficient (Wildman–Crippen LogP) is 4.81. The molecule has 0 unspecified atom stereocenters. The van der Waals surface area contributed by atoms with E-state index in [2.05, 4.69) is 24.1 Å². The van der Waals surface area contributed by atoms with Gasteiger partial charge in [0.15, 0.2) is 0 Å². The summed E-state index contributed by atoms with van der Waals surface area (Å²) in [4.78, 5) is 27.6. The first-order valence-electron chi connectivity index (χ1n) is 11.9. The summed E-state index contributed by atoms with van der Waals surface area (Å²) >= 11 is 0. The van der Waals surface area contributed by atoms with Gasteiger partial charge >= 0.3 is 0 Å². The average Bonchev–Trinajstić information content (AvgIpc) is 2.69. The van der Waals surface area contributed by atoms with E-state index in [0.29, 0.717) is 17.2 Å². The number of amides is 1. The zero-order valence-electron chi connectivity index (χ0n) is 18.6. The molecule has 0 aromatic heterocycles. The molecule has 3 fully saturated rings. The summed E-state index contributed by atoms with van der Waals surface area (Å²) in [5.74, 6) is 1.26. The number of piperidine rings is 1. The van der Waals surface area contributed by atoms with Crippen LogP contribution in [0, 0.1) is 23.2 Å². The van der Waals surface area contributed by atoms with Gasteiger partial charge in [-0.2, -0.15) is 0 Å². The van der Waals surface area contributed by atoms with Crippen molar-refractivity contribution in [3.05, 3.63) is 0 Å². The van der Waals surface area contributed by atoms with E-state index in [9.17, 15) is 9.59 Å². The largest absolute Gasteiger partial charge is 0.353 e. The fourth-order valence-electron chi connectivity index (χ4n) is 5.82. The first kappa shape index (κ1) is 21.8. The highest BCUT2D eigenvalue weighted by Gasteiger charge is 2.40. The molecule has 0 radical (unpaired) electrons. The van der Waals surface area contributed by atoms with Gasteiger partial charge in [0, 0.05) is 31.3 Å². The third-order valence-electron chi connectivity index (χ3n) is 8.05. The summed E-state index contributed by atoms with van der Waals surface area (Å²) in [6.45, 7) is 11.0. The van der Waals surface area contributed by atoms with Crippen LogP contribution in [0.2, 0.25) is 0 Å². The van der Waals surface area contributed by atoms with E-state index in [1.54, 1.807) is 0 Å². The van der Waals surface area contributed by atoms with Crippen LogP contribution in [0.4, 0.5) is 0 Å². The van der Waals surface area contributed by atoms with E-state index in [-0.39, 0.29) is 31.1 Å². The van der Waals surface area contributed by atoms with E-state index in [1.165, 1.54) is 38.8 Å². The van der Waals surface area contributed by atoms with Gasteiger partial charge in [-0.1, -0.05) is 13.8 Å². The van der Waals surface area contributed by atoms with Crippen LogP contribution in [-0.2, 0) is 9.59 Å². The fraction of sp³-hybridized carbons (Fsp3) is 0.917. The quantitative estimate of drug-likeness (QED) is 0.730. The molecular formula is C24H44N2O2. The molecule has 0 bridgehead atoms. The summed E-state index contributed by atoms with van der Waals surface area (Å²) in [6, 6.07) is 0.944. The van der Waals surface area contributed by atoms with E-state index in [0.717, 1.165) is 38.5 Å². The van der Waals surface area contributed by atoms with Crippen molar-refractivity contribution in [2.24, 2.45) is 23.2 Å². The number of hydrogen-bond acceptors (Lipinski definition) is 3. The molecule has 1 N–H and O–H groups in total. The predicted molar refractivity (Wildman–Crippen MR) is 116 cm³/mol. The number of likely N-dealkylation sites (tertiary alicyclic amines) is 1. The Hall–Kier alpha value is -0.900. The number of carbonyl (C=O) groups is 2. The Kier molecular flexibility index (Phi) is 7.22. The molecule has 2 aliphatic carbocycles. The zero-order chi connectivity index (χ0) is 20.3. The van der Waals surface area contributed by atoms with Crippen molar-refractivity contribution in [3.8, 4) is 0 Å². The van der Waals surface area contributed by atoms with Gasteiger partial charge in [0.05, 0.1) is 0 Å². The summed E-state index contributed by atoms with van der Waals surface area (Å²) in [7, 11) is 0. The van der Waals surface area contributed by atoms with Crippen molar-refractivity contribution in [3.63, 3.8) is 0 Å². The van der Waals surface area contributed by atoms with Gasteiger partial charge in [-0.15, -0.1) is 0 Å². The van der Waals surface area contributed by atoms with Gasteiger partial charge in [0.2, 0.25) is 5.91 Å². The van der Waals surface area contributed by atoms with E-state index in [1.807, 2.05) is 13.8 Å². The maximum Gasteiger partial charge on any atom is 0.223 e. The molecule has 1 spiro atoms. The Bertz CT molecular complexity index is 537. The number of nitrogens with one attached hydrogen (secondary N) is 1. The minimum atomic E-state index is 0. The fourth-order valence-corrected chi connectivity index (χ4v) is 5.82. The standard InChI is InChI=1S/C24H42N2O2.H2/c1-17(2)22(27)19-5-7-21(8-6-19)25-23(28)20-9-11-24(12-10-20)13-15-26(16-14-24)18(3)4;/h17-21H,5-16H2,1-4H3,(H,25,28);1H. The lowest BCUT2D eigenvalue weighted by atomic mass is 9.65. The lowest BCUT2D eigenvalue weighted by Crippen LogP contribution is -2.47. The molecule has 2 saturated carbocycles. The molecule has 1 saturated heterocycles. The van der Waals surface area contributed by atoms with Gasteiger partial charge in [0.25, 0.3) is 0 Å². The van der Waals surface area contributed by atoms with Crippen LogP contribution < -0.4 is 5.32 Å². The minimum Gasteiger partial charge on any atom is -0.353 e. The van der Waals surface area contributed by atoms with Crippen LogP contribution in [0.5, 0.6) is 0 Å². The highest BCUT2D eigenvalue weighted by atomic mass is 16.2. The van der Waals surface area contributed by atoms with Crippen molar-refractivity contribution in [2.45, 2.75) is 104 Å². The molecule has 0 atom stereocenters. The molecule has 4 nitrogen and oxygen atoms in total. The Morgan fingerprint density at radius 1 is 0.857 bits per heavy atom. The SMILES string of the molecule is CC(C)C(=O)C1CCC(NC(=O)C2CCC3(CC2)CCN(C(C)C)CC3)CC1.[HH]. The molecular weight excluding hydrogens is 348 g/mol. The molecule has 4 heteroatoms. The second-order valence-electron chi connectivity index (χ2n) is 10.5. The molecule has 1 heterocycles. The summed E-state index contributed by atoms with van der Waals surface area (Å²) in [5, 5.41) is 3.33. The molecule has 0 aromatic rings. The zero-order valence-corrected chi connectivity index (χ0v) is 18.6. The smallest absolute Gasteiger partial charge is 0.223 e. The molecule has 28 heavy (non-hydrogen) atoms. The first-order valence-corrected chi connectivity index (χ1v) is 11.9. The lowest BCUT2D eigenvalue weighted by Gasteiger charge is -2.47. The van der Waals surface area contributed by atoms with Crippen LogP contribution in [-0.4, -0.2) is 41.8 Å². The Labute approximate surface area is 173 Å². The van der Waals surface area contributed by atoms with Crippen molar-refractivity contribution in [2.75, 3.05) is 13.1 Å². The highest BCUT2D eigenvalue weighted by molar-refractivity contribution is 5.83. The number of rotatable bonds is 5. The molecule has 3 rings (SSSR count). The molecule has 3 aliphatic rings. The van der Waals surface area contributed by atoms with Crippen molar-refractivity contribution in [1.82, 2.24) is 10.2 Å². The van der Waals surface area contributed by atoms with Crippen molar-refractivity contribution in [1.29, 1.82) is 0 Å². The number of hydrogen-bond donors (Lipinski definition) is 1. The highest BCUT2D eigenvalue weighted by Crippen LogP contribution is 2.46. The second-order valence-corrected chi connectivity index (χ2v) is 10.5. The van der Waals surface area contributed by atoms with Gasteiger partial charge < -0.3 is 10.2 Å². The monoisotopic (exact) mass is 392 g/mol. The maximum absolute atomic E-state index is 12.8. The number of Topliss-reactive ketones (excluding diaryl/α,β-unsaturated/α-hetero) is 1.